The zero-order chi connectivity index (χ0) is 12.4. The molecular weight excluding hydrogens is 212 g/mol. The average Bonchev–Trinajstić information content (AvgIpc) is 2.69. The van der Waals surface area contributed by atoms with E-state index in [1.807, 2.05) is 14.0 Å². The molecule has 1 aliphatic heterocycles. The van der Waals surface area contributed by atoms with Gasteiger partial charge in [0.15, 0.2) is 0 Å². The average molecular weight is 234 g/mol. The number of aryl methyl sites for hydroxylation is 1. The van der Waals surface area contributed by atoms with Gasteiger partial charge in [-0.1, -0.05) is 6.92 Å². The molecule has 0 radical (unpaired) electrons. The zero-order valence-corrected chi connectivity index (χ0v) is 11.2. The molecule has 2 unspecified atom stereocenters. The first-order valence-corrected chi connectivity index (χ1v) is 6.47. The molecule has 0 saturated carbocycles. The first-order chi connectivity index (χ1) is 8.15. The van der Waals surface area contributed by atoms with Crippen LogP contribution in [-0.2, 0) is 0 Å². The van der Waals surface area contributed by atoms with E-state index in [1.165, 1.54) is 19.3 Å². The van der Waals surface area contributed by atoms with Crippen molar-refractivity contribution in [3.63, 3.8) is 0 Å². The Bertz CT molecular complexity index is 391. The fraction of sp³-hybridized carbons (Fsp3) is 0.692. The number of hydrogen-bond acceptors (Lipinski definition) is 4. The van der Waals surface area contributed by atoms with Crippen LogP contribution < -0.4 is 10.2 Å². The molecule has 4 heteroatoms. The Morgan fingerprint density at radius 3 is 2.82 bits per heavy atom. The molecule has 0 amide bonds. The van der Waals surface area contributed by atoms with Crippen molar-refractivity contribution in [3.8, 4) is 0 Å². The minimum Gasteiger partial charge on any atom is -0.373 e. The summed E-state index contributed by atoms with van der Waals surface area (Å²) in [5.74, 6) is 2.81. The summed E-state index contributed by atoms with van der Waals surface area (Å²) in [6.45, 7) is 6.49. The van der Waals surface area contributed by atoms with E-state index in [-0.39, 0.29) is 0 Å². The molecule has 0 aliphatic carbocycles. The van der Waals surface area contributed by atoms with Crippen LogP contribution in [0.1, 0.15) is 38.9 Å². The van der Waals surface area contributed by atoms with E-state index in [0.29, 0.717) is 12.1 Å². The molecule has 2 atom stereocenters. The van der Waals surface area contributed by atoms with E-state index < -0.39 is 0 Å². The molecule has 2 heterocycles. The van der Waals surface area contributed by atoms with Crippen LogP contribution in [0.3, 0.4) is 0 Å². The van der Waals surface area contributed by atoms with Crippen LogP contribution in [0.2, 0.25) is 0 Å². The lowest BCUT2D eigenvalue weighted by molar-refractivity contribution is 0.619. The van der Waals surface area contributed by atoms with E-state index >= 15 is 0 Å². The molecular formula is C13H22N4. The maximum Gasteiger partial charge on any atom is 0.134 e. The van der Waals surface area contributed by atoms with Crippen molar-refractivity contribution in [2.45, 2.75) is 52.1 Å². The predicted molar refractivity (Wildman–Crippen MR) is 71.6 cm³/mol. The van der Waals surface area contributed by atoms with Gasteiger partial charge in [-0.25, -0.2) is 9.97 Å². The normalized spacial score (nSPS) is 24.1. The SMILES string of the molecule is CCC1CCC(C)N1c1cc(NC)nc(C)n1. The van der Waals surface area contributed by atoms with Gasteiger partial charge < -0.3 is 10.2 Å². The van der Waals surface area contributed by atoms with Gasteiger partial charge in [0.2, 0.25) is 0 Å². The van der Waals surface area contributed by atoms with Gasteiger partial charge in [0, 0.05) is 25.2 Å². The lowest BCUT2D eigenvalue weighted by Gasteiger charge is -2.29. The highest BCUT2D eigenvalue weighted by Gasteiger charge is 2.30. The Kier molecular flexibility index (Phi) is 3.50. The highest BCUT2D eigenvalue weighted by atomic mass is 15.3. The lowest BCUT2D eigenvalue weighted by Crippen LogP contribution is -2.35. The van der Waals surface area contributed by atoms with Crippen LogP contribution in [0.5, 0.6) is 0 Å². The Morgan fingerprint density at radius 2 is 2.18 bits per heavy atom. The van der Waals surface area contributed by atoms with Gasteiger partial charge in [-0.3, -0.25) is 0 Å². The highest BCUT2D eigenvalue weighted by Crippen LogP contribution is 2.31. The lowest BCUT2D eigenvalue weighted by atomic mass is 10.1. The van der Waals surface area contributed by atoms with Crippen molar-refractivity contribution < 1.29 is 0 Å². The predicted octanol–water partition coefficient (Wildman–Crippen LogP) is 2.59. The molecule has 1 aliphatic rings. The molecule has 1 N–H and O–H groups in total. The summed E-state index contributed by atoms with van der Waals surface area (Å²) < 4.78 is 0. The van der Waals surface area contributed by atoms with Crippen LogP contribution in [-0.4, -0.2) is 29.1 Å². The second-order valence-electron chi connectivity index (χ2n) is 4.80. The molecule has 0 aromatic carbocycles. The van der Waals surface area contributed by atoms with Crippen LogP contribution in [0.4, 0.5) is 11.6 Å². The zero-order valence-electron chi connectivity index (χ0n) is 11.2. The van der Waals surface area contributed by atoms with Crippen LogP contribution in [0, 0.1) is 6.92 Å². The smallest absolute Gasteiger partial charge is 0.134 e. The first kappa shape index (κ1) is 12.1. The molecule has 0 spiro atoms. The molecule has 17 heavy (non-hydrogen) atoms. The summed E-state index contributed by atoms with van der Waals surface area (Å²) in [7, 11) is 1.90. The first-order valence-electron chi connectivity index (χ1n) is 6.47. The standard InChI is InChI=1S/C13H22N4/c1-5-11-7-6-9(2)17(11)13-8-12(14-4)15-10(3)16-13/h8-9,11H,5-7H2,1-4H3,(H,14,15,16). The van der Waals surface area contributed by atoms with Crippen LogP contribution >= 0.6 is 0 Å². The number of aromatic nitrogens is 2. The third kappa shape index (κ3) is 2.35. The van der Waals surface area contributed by atoms with E-state index in [4.69, 9.17) is 0 Å². The molecule has 1 aromatic heterocycles. The quantitative estimate of drug-likeness (QED) is 0.872. The van der Waals surface area contributed by atoms with Gasteiger partial charge >= 0.3 is 0 Å². The molecule has 94 valence electrons. The Hall–Kier alpha value is -1.32. The van der Waals surface area contributed by atoms with Crippen molar-refractivity contribution in [2.75, 3.05) is 17.3 Å². The van der Waals surface area contributed by atoms with Crippen LogP contribution in [0.25, 0.3) is 0 Å². The second-order valence-corrected chi connectivity index (χ2v) is 4.80. The number of nitrogens with zero attached hydrogens (tertiary/aromatic N) is 3. The van der Waals surface area contributed by atoms with Gasteiger partial charge in [-0.15, -0.1) is 0 Å². The summed E-state index contributed by atoms with van der Waals surface area (Å²) >= 11 is 0. The Balaban J connectivity index is 2.34. The summed E-state index contributed by atoms with van der Waals surface area (Å²) in [4.78, 5) is 11.4. The van der Waals surface area contributed by atoms with E-state index in [0.717, 1.165) is 17.5 Å². The van der Waals surface area contributed by atoms with Crippen LogP contribution in [0.15, 0.2) is 6.07 Å². The molecule has 1 aromatic rings. The number of anilines is 2. The summed E-state index contributed by atoms with van der Waals surface area (Å²) in [6.07, 6.45) is 3.72. The monoisotopic (exact) mass is 234 g/mol. The van der Waals surface area contributed by atoms with Crippen molar-refractivity contribution in [1.82, 2.24) is 9.97 Å². The molecule has 4 nitrogen and oxygen atoms in total. The third-order valence-corrected chi connectivity index (χ3v) is 3.60. The summed E-state index contributed by atoms with van der Waals surface area (Å²) in [6, 6.07) is 3.26. The Labute approximate surface area is 103 Å². The van der Waals surface area contributed by atoms with E-state index in [2.05, 4.69) is 40.1 Å². The summed E-state index contributed by atoms with van der Waals surface area (Å²) in [5.41, 5.74) is 0. The van der Waals surface area contributed by atoms with Gasteiger partial charge in [0.05, 0.1) is 0 Å². The largest absolute Gasteiger partial charge is 0.373 e. The van der Waals surface area contributed by atoms with Crippen molar-refractivity contribution in [2.24, 2.45) is 0 Å². The summed E-state index contributed by atoms with van der Waals surface area (Å²) in [5, 5.41) is 3.10. The number of rotatable bonds is 3. The van der Waals surface area contributed by atoms with Gasteiger partial charge in [-0.05, 0) is 33.1 Å². The fourth-order valence-corrected chi connectivity index (χ4v) is 2.70. The highest BCUT2D eigenvalue weighted by molar-refractivity contribution is 5.51. The molecule has 1 saturated heterocycles. The number of nitrogens with one attached hydrogen (secondary N) is 1. The topological polar surface area (TPSA) is 41.0 Å². The van der Waals surface area contributed by atoms with Crippen molar-refractivity contribution in [1.29, 1.82) is 0 Å². The van der Waals surface area contributed by atoms with E-state index in [9.17, 15) is 0 Å². The van der Waals surface area contributed by atoms with Crippen molar-refractivity contribution >= 4 is 11.6 Å². The maximum atomic E-state index is 4.59. The van der Waals surface area contributed by atoms with Gasteiger partial charge in [-0.2, -0.15) is 0 Å². The Morgan fingerprint density at radius 1 is 1.41 bits per heavy atom. The molecule has 1 fully saturated rings. The maximum absolute atomic E-state index is 4.59. The van der Waals surface area contributed by atoms with Gasteiger partial charge in [0.25, 0.3) is 0 Å². The minimum atomic E-state index is 0.582. The van der Waals surface area contributed by atoms with E-state index in [1.54, 1.807) is 0 Å². The minimum absolute atomic E-state index is 0.582. The number of hydrogen-bond donors (Lipinski definition) is 1. The third-order valence-electron chi connectivity index (χ3n) is 3.60. The molecule has 0 bridgehead atoms. The van der Waals surface area contributed by atoms with Gasteiger partial charge in [0.1, 0.15) is 17.5 Å². The second kappa shape index (κ2) is 4.90. The van der Waals surface area contributed by atoms with Crippen molar-refractivity contribution in [3.05, 3.63) is 11.9 Å². The fourth-order valence-electron chi connectivity index (χ4n) is 2.70. The molecule has 2 rings (SSSR count).